The molecule has 3 aliphatic rings. The van der Waals surface area contributed by atoms with Gasteiger partial charge in [-0.15, -0.1) is 0 Å². The lowest BCUT2D eigenvalue weighted by atomic mass is 9.80. The van der Waals surface area contributed by atoms with Crippen molar-refractivity contribution in [3.05, 3.63) is 59.2 Å². The molecule has 9 heteroatoms. The molecule has 1 saturated carbocycles. The van der Waals surface area contributed by atoms with Gasteiger partial charge < -0.3 is 15.1 Å². The van der Waals surface area contributed by atoms with Gasteiger partial charge in [-0.25, -0.2) is 18.7 Å². The number of carbonyl (C=O) groups is 2. The van der Waals surface area contributed by atoms with E-state index in [1.54, 1.807) is 0 Å². The summed E-state index contributed by atoms with van der Waals surface area (Å²) in [4.78, 5) is 38.5. The predicted octanol–water partition coefficient (Wildman–Crippen LogP) is 3.39. The van der Waals surface area contributed by atoms with E-state index in [1.807, 2.05) is 49.1 Å². The summed E-state index contributed by atoms with van der Waals surface area (Å²) in [6.07, 6.45) is 1.48. The number of aromatic nitrogens is 2. The number of hydrogen-bond acceptors (Lipinski definition) is 5. The number of carbonyl (C=O) groups excluding carboxylic acids is 2. The van der Waals surface area contributed by atoms with Gasteiger partial charge in [0.25, 0.3) is 5.91 Å². The van der Waals surface area contributed by atoms with Crippen molar-refractivity contribution >= 4 is 11.8 Å². The van der Waals surface area contributed by atoms with E-state index in [0.717, 1.165) is 38.3 Å². The summed E-state index contributed by atoms with van der Waals surface area (Å²) in [5.41, 5.74) is 3.03. The molecule has 1 aromatic heterocycles. The van der Waals surface area contributed by atoms with Crippen LogP contribution in [0.15, 0.2) is 36.7 Å². The van der Waals surface area contributed by atoms with Crippen molar-refractivity contribution in [1.29, 1.82) is 0 Å². The van der Waals surface area contributed by atoms with Crippen molar-refractivity contribution < 1.29 is 18.4 Å². The third kappa shape index (κ3) is 5.12. The Bertz CT molecular complexity index is 1090. The summed E-state index contributed by atoms with van der Waals surface area (Å²) in [5, 5.41) is 3.03. The van der Waals surface area contributed by atoms with Crippen molar-refractivity contribution in [2.24, 2.45) is 17.8 Å². The number of rotatable bonds is 7. The zero-order valence-corrected chi connectivity index (χ0v) is 20.8. The molecule has 5 rings (SSSR count). The maximum absolute atomic E-state index is 13.3. The van der Waals surface area contributed by atoms with Crippen LogP contribution in [0.1, 0.15) is 52.6 Å². The Morgan fingerprint density at radius 2 is 1.64 bits per heavy atom. The van der Waals surface area contributed by atoms with Gasteiger partial charge in [0.05, 0.1) is 23.0 Å². The summed E-state index contributed by atoms with van der Waals surface area (Å²) in [6.45, 7) is 7.75. The molecular weight excluding hydrogens is 464 g/mol. The number of amides is 2. The largest absolute Gasteiger partial charge is 0.349 e. The van der Waals surface area contributed by atoms with E-state index < -0.39 is 11.8 Å². The molecule has 7 nitrogen and oxygen atoms in total. The number of benzene rings is 1. The van der Waals surface area contributed by atoms with E-state index in [9.17, 15) is 18.4 Å². The van der Waals surface area contributed by atoms with Gasteiger partial charge in [-0.2, -0.15) is 0 Å². The van der Waals surface area contributed by atoms with Crippen molar-refractivity contribution in [1.82, 2.24) is 25.1 Å². The van der Waals surface area contributed by atoms with Crippen molar-refractivity contribution in [3.8, 4) is 0 Å². The first-order valence-electron chi connectivity index (χ1n) is 12.7. The number of fused-ring (bicyclic) bond motifs is 1. The van der Waals surface area contributed by atoms with E-state index in [0.29, 0.717) is 35.2 Å². The normalized spacial score (nSPS) is 24.3. The minimum atomic E-state index is -2.71. The molecule has 2 amide bonds. The Morgan fingerprint density at radius 1 is 1.03 bits per heavy atom. The average molecular weight is 498 g/mol. The predicted molar refractivity (Wildman–Crippen MR) is 130 cm³/mol. The molecule has 2 aromatic rings. The third-order valence-electron chi connectivity index (χ3n) is 8.00. The summed E-state index contributed by atoms with van der Waals surface area (Å²) in [6, 6.07) is 9.52. The van der Waals surface area contributed by atoms with Crippen molar-refractivity contribution in [3.63, 3.8) is 0 Å². The van der Waals surface area contributed by atoms with Crippen LogP contribution >= 0.6 is 0 Å². The number of aryl methyl sites for hydroxylation is 2. The Balaban J connectivity index is 1.16. The second-order valence-corrected chi connectivity index (χ2v) is 10.6. The lowest BCUT2D eigenvalue weighted by Gasteiger charge is -2.35. The van der Waals surface area contributed by atoms with Crippen molar-refractivity contribution in [2.45, 2.75) is 45.1 Å². The molecule has 3 fully saturated rings. The molecule has 0 bridgehead atoms. The molecule has 2 saturated heterocycles. The number of nitrogens with one attached hydrogen (secondary N) is 1. The minimum absolute atomic E-state index is 0.0139. The van der Waals surface area contributed by atoms with Crippen LogP contribution in [0.25, 0.3) is 0 Å². The van der Waals surface area contributed by atoms with Gasteiger partial charge in [0.15, 0.2) is 0 Å². The summed E-state index contributed by atoms with van der Waals surface area (Å²) < 4.78 is 26.5. The van der Waals surface area contributed by atoms with Gasteiger partial charge in [0, 0.05) is 51.5 Å². The fourth-order valence-corrected chi connectivity index (χ4v) is 5.95. The quantitative estimate of drug-likeness (QED) is 0.635. The van der Waals surface area contributed by atoms with Gasteiger partial charge in [-0.3, -0.25) is 9.59 Å². The molecule has 1 N–H and O–H groups in total. The Hall–Kier alpha value is -2.94. The zero-order valence-electron chi connectivity index (χ0n) is 20.8. The van der Waals surface area contributed by atoms with E-state index in [-0.39, 0.29) is 30.7 Å². The standard InChI is InChI=1S/C27H33F2N5O2/c1-17-24(18(2)31-16-30-17)26(36)34-14-21-12-33(13-22(21)15-34)9-8-23(19-6-4-3-5-7-19)32-25(35)20-10-27(28,29)11-20/h3-7,16,20-23H,8-15H2,1-2H3,(H,32,35)/t21?,22?,23-/m0/s1. The van der Waals surface area contributed by atoms with Crippen LogP contribution < -0.4 is 5.32 Å². The van der Waals surface area contributed by atoms with Crippen LogP contribution in [0.4, 0.5) is 8.78 Å². The van der Waals surface area contributed by atoms with Crippen LogP contribution in [0.3, 0.4) is 0 Å². The van der Waals surface area contributed by atoms with Crippen LogP contribution in [0, 0.1) is 31.6 Å². The molecule has 0 spiro atoms. The first-order chi connectivity index (χ1) is 17.2. The Kier molecular flexibility index (Phi) is 6.76. The molecule has 2 aliphatic heterocycles. The number of halogens is 2. The van der Waals surface area contributed by atoms with Gasteiger partial charge in [-0.1, -0.05) is 30.3 Å². The van der Waals surface area contributed by atoms with Crippen LogP contribution in [-0.4, -0.2) is 70.2 Å². The maximum Gasteiger partial charge on any atom is 0.257 e. The summed E-state index contributed by atoms with van der Waals surface area (Å²) in [5.74, 6) is -2.75. The van der Waals surface area contributed by atoms with Crippen LogP contribution in [0.5, 0.6) is 0 Å². The number of hydrogen-bond donors (Lipinski definition) is 1. The van der Waals surface area contributed by atoms with E-state index >= 15 is 0 Å². The van der Waals surface area contributed by atoms with Crippen molar-refractivity contribution in [2.75, 3.05) is 32.7 Å². The smallest absolute Gasteiger partial charge is 0.257 e. The lowest BCUT2D eigenvalue weighted by molar-refractivity contribution is -0.150. The van der Waals surface area contributed by atoms with Gasteiger partial charge >= 0.3 is 0 Å². The van der Waals surface area contributed by atoms with Crippen LogP contribution in [0.2, 0.25) is 0 Å². The molecule has 0 radical (unpaired) electrons. The lowest BCUT2D eigenvalue weighted by Crippen LogP contribution is -2.46. The number of alkyl halides is 2. The topological polar surface area (TPSA) is 78.4 Å². The number of likely N-dealkylation sites (tertiary alicyclic amines) is 2. The minimum Gasteiger partial charge on any atom is -0.349 e. The summed E-state index contributed by atoms with van der Waals surface area (Å²) in [7, 11) is 0. The molecule has 1 aliphatic carbocycles. The second kappa shape index (κ2) is 9.84. The molecule has 192 valence electrons. The highest BCUT2D eigenvalue weighted by atomic mass is 19.3. The molecule has 3 heterocycles. The highest BCUT2D eigenvalue weighted by molar-refractivity contribution is 5.96. The van der Waals surface area contributed by atoms with Gasteiger partial charge in [0.2, 0.25) is 11.8 Å². The second-order valence-electron chi connectivity index (χ2n) is 10.6. The molecule has 36 heavy (non-hydrogen) atoms. The highest BCUT2D eigenvalue weighted by Gasteiger charge is 2.49. The first-order valence-corrected chi connectivity index (χ1v) is 12.7. The monoisotopic (exact) mass is 497 g/mol. The van der Waals surface area contributed by atoms with E-state index in [2.05, 4.69) is 20.2 Å². The fraction of sp³-hybridized carbons (Fsp3) is 0.556. The SMILES string of the molecule is Cc1ncnc(C)c1C(=O)N1CC2CN(CC[C@H](NC(=O)C3CC(F)(F)C3)c3ccccc3)CC2C1. The zero-order chi connectivity index (χ0) is 25.4. The average Bonchev–Trinajstić information content (AvgIpc) is 3.39. The number of nitrogens with zero attached hydrogens (tertiary/aromatic N) is 4. The van der Waals surface area contributed by atoms with Gasteiger partial charge in [-0.05, 0) is 37.7 Å². The highest BCUT2D eigenvalue weighted by Crippen LogP contribution is 2.42. The van der Waals surface area contributed by atoms with E-state index in [4.69, 9.17) is 0 Å². The summed E-state index contributed by atoms with van der Waals surface area (Å²) >= 11 is 0. The van der Waals surface area contributed by atoms with Crippen LogP contribution in [-0.2, 0) is 4.79 Å². The van der Waals surface area contributed by atoms with E-state index in [1.165, 1.54) is 6.33 Å². The first kappa shape index (κ1) is 24.7. The maximum atomic E-state index is 13.3. The fourth-order valence-electron chi connectivity index (χ4n) is 5.95. The molecule has 2 unspecified atom stereocenters. The molecule has 1 aromatic carbocycles. The third-order valence-corrected chi connectivity index (χ3v) is 8.00. The Labute approximate surface area is 210 Å². The molecule has 3 atom stereocenters. The molecular formula is C27H33F2N5O2. The van der Waals surface area contributed by atoms with Gasteiger partial charge in [0.1, 0.15) is 6.33 Å². The Morgan fingerprint density at radius 3 is 2.22 bits per heavy atom.